The lowest BCUT2D eigenvalue weighted by Gasteiger charge is -2.35. The summed E-state index contributed by atoms with van der Waals surface area (Å²) in [6.07, 6.45) is 22.0. The van der Waals surface area contributed by atoms with Crippen LogP contribution in [-0.4, -0.2) is 0 Å². The first kappa shape index (κ1) is 23.2. The van der Waals surface area contributed by atoms with Crippen molar-refractivity contribution < 1.29 is 8.78 Å². The van der Waals surface area contributed by atoms with Crippen molar-refractivity contribution in [1.82, 2.24) is 0 Å². The summed E-state index contributed by atoms with van der Waals surface area (Å²) in [7, 11) is 0. The Kier molecular flexibility index (Phi) is 9.15. The number of hydrogen-bond acceptors (Lipinski definition) is 0. The van der Waals surface area contributed by atoms with Crippen LogP contribution in [0.5, 0.6) is 0 Å². The van der Waals surface area contributed by atoms with Crippen LogP contribution in [0.2, 0.25) is 0 Å². The predicted molar refractivity (Wildman–Crippen MR) is 124 cm³/mol. The lowest BCUT2D eigenvalue weighted by Crippen LogP contribution is -2.22. The quantitative estimate of drug-likeness (QED) is 0.279. The SMILES string of the molecule is CCCCC/C=C/C1CCC(C2CC=C(c3ccc(CCC)c(F)c3F)CC2)CC1. The van der Waals surface area contributed by atoms with Gasteiger partial charge in [-0.2, -0.15) is 0 Å². The number of aryl methyl sites for hydroxylation is 1. The van der Waals surface area contributed by atoms with Crippen LogP contribution < -0.4 is 0 Å². The molecule has 1 unspecified atom stereocenters. The number of benzene rings is 1. The maximum Gasteiger partial charge on any atom is 0.166 e. The number of allylic oxidation sites excluding steroid dienone is 4. The van der Waals surface area contributed by atoms with Gasteiger partial charge in [0.2, 0.25) is 0 Å². The number of hydrogen-bond donors (Lipinski definition) is 0. The molecule has 166 valence electrons. The number of unbranched alkanes of at least 4 members (excludes halogenated alkanes) is 3. The highest BCUT2D eigenvalue weighted by Crippen LogP contribution is 2.42. The summed E-state index contributed by atoms with van der Waals surface area (Å²) in [4.78, 5) is 0. The van der Waals surface area contributed by atoms with Gasteiger partial charge in [-0.3, -0.25) is 0 Å². The normalized spacial score (nSPS) is 24.9. The molecule has 1 saturated carbocycles. The molecular formula is C28H40F2. The third-order valence-electron chi connectivity index (χ3n) is 7.34. The molecule has 1 aromatic rings. The Balaban J connectivity index is 1.50. The van der Waals surface area contributed by atoms with E-state index in [1.807, 2.05) is 6.92 Å². The number of rotatable bonds is 9. The van der Waals surface area contributed by atoms with Gasteiger partial charge in [0.05, 0.1) is 0 Å². The van der Waals surface area contributed by atoms with Crippen molar-refractivity contribution in [2.45, 2.75) is 97.3 Å². The van der Waals surface area contributed by atoms with E-state index in [9.17, 15) is 8.78 Å². The van der Waals surface area contributed by atoms with Gasteiger partial charge in [-0.15, -0.1) is 0 Å². The first-order chi connectivity index (χ1) is 14.6. The van der Waals surface area contributed by atoms with E-state index in [0.29, 0.717) is 17.5 Å². The van der Waals surface area contributed by atoms with Crippen molar-refractivity contribution in [3.63, 3.8) is 0 Å². The van der Waals surface area contributed by atoms with Crippen molar-refractivity contribution in [3.05, 3.63) is 53.1 Å². The van der Waals surface area contributed by atoms with Gasteiger partial charge in [-0.1, -0.05) is 63.5 Å². The van der Waals surface area contributed by atoms with E-state index in [1.165, 1.54) is 51.4 Å². The van der Waals surface area contributed by atoms with Crippen molar-refractivity contribution in [2.24, 2.45) is 17.8 Å². The largest absolute Gasteiger partial charge is 0.203 e. The second-order valence-electron chi connectivity index (χ2n) is 9.51. The van der Waals surface area contributed by atoms with Crippen LogP contribution >= 0.6 is 0 Å². The zero-order valence-electron chi connectivity index (χ0n) is 19.1. The molecule has 0 heterocycles. The standard InChI is InChI=1S/C28H40F2/c1-3-5-6-7-8-10-21-11-13-22(14-12-21)23-15-17-24(18-16-23)26-20-19-25(9-4-2)27(29)28(26)30/h8,10,17,19-23H,3-7,9,11-16,18H2,1-2H3/b10-8+. The van der Waals surface area contributed by atoms with Gasteiger partial charge in [-0.25, -0.2) is 8.78 Å². The van der Waals surface area contributed by atoms with Crippen LogP contribution in [0.25, 0.3) is 5.57 Å². The minimum atomic E-state index is -0.642. The Bertz CT molecular complexity index is 722. The van der Waals surface area contributed by atoms with Crippen molar-refractivity contribution in [2.75, 3.05) is 0 Å². The molecule has 3 rings (SSSR count). The molecule has 0 aliphatic heterocycles. The molecule has 2 aliphatic carbocycles. The number of halogens is 2. The van der Waals surface area contributed by atoms with E-state index >= 15 is 0 Å². The fourth-order valence-electron chi connectivity index (χ4n) is 5.44. The molecule has 0 spiro atoms. The monoisotopic (exact) mass is 414 g/mol. The van der Waals surface area contributed by atoms with Crippen LogP contribution in [-0.2, 0) is 6.42 Å². The summed E-state index contributed by atoms with van der Waals surface area (Å²) in [5, 5.41) is 0. The minimum Gasteiger partial charge on any atom is -0.203 e. The molecule has 2 heteroatoms. The van der Waals surface area contributed by atoms with Gasteiger partial charge in [0.15, 0.2) is 11.6 Å². The molecule has 0 nitrogen and oxygen atoms in total. The average Bonchev–Trinajstić information content (AvgIpc) is 2.78. The van der Waals surface area contributed by atoms with E-state index in [-0.39, 0.29) is 0 Å². The van der Waals surface area contributed by atoms with Crippen LogP contribution in [0.15, 0.2) is 30.4 Å². The summed E-state index contributed by atoms with van der Waals surface area (Å²) in [5.74, 6) is 1.02. The Morgan fingerprint density at radius 2 is 1.70 bits per heavy atom. The van der Waals surface area contributed by atoms with Crippen molar-refractivity contribution in [1.29, 1.82) is 0 Å². The van der Waals surface area contributed by atoms with Crippen molar-refractivity contribution in [3.8, 4) is 0 Å². The second-order valence-corrected chi connectivity index (χ2v) is 9.51. The minimum absolute atomic E-state index is 0.489. The van der Waals surface area contributed by atoms with Gasteiger partial charge in [0.25, 0.3) is 0 Å². The average molecular weight is 415 g/mol. The Labute approximate surface area is 182 Å². The molecule has 1 atom stereocenters. The van der Waals surface area contributed by atoms with Gasteiger partial charge in [-0.05, 0) is 93.1 Å². The van der Waals surface area contributed by atoms with Gasteiger partial charge < -0.3 is 0 Å². The molecule has 30 heavy (non-hydrogen) atoms. The Morgan fingerprint density at radius 1 is 0.900 bits per heavy atom. The third kappa shape index (κ3) is 6.05. The second kappa shape index (κ2) is 11.8. The molecule has 0 aromatic heterocycles. The maximum absolute atomic E-state index is 14.6. The summed E-state index contributed by atoms with van der Waals surface area (Å²) >= 11 is 0. The summed E-state index contributed by atoms with van der Waals surface area (Å²) in [5.41, 5.74) is 2.00. The molecule has 1 fully saturated rings. The summed E-state index contributed by atoms with van der Waals surface area (Å²) < 4.78 is 29.0. The van der Waals surface area contributed by atoms with E-state index in [4.69, 9.17) is 0 Å². The van der Waals surface area contributed by atoms with Crippen LogP contribution in [0.3, 0.4) is 0 Å². The van der Waals surface area contributed by atoms with Crippen LogP contribution in [0.4, 0.5) is 8.78 Å². The highest BCUT2D eigenvalue weighted by atomic mass is 19.2. The first-order valence-corrected chi connectivity index (χ1v) is 12.5. The van der Waals surface area contributed by atoms with E-state index in [2.05, 4.69) is 25.2 Å². The highest BCUT2D eigenvalue weighted by molar-refractivity contribution is 5.67. The molecule has 0 radical (unpaired) electrons. The Hall–Kier alpha value is -1.44. The summed E-state index contributed by atoms with van der Waals surface area (Å²) in [6, 6.07) is 3.58. The summed E-state index contributed by atoms with van der Waals surface area (Å²) in [6.45, 7) is 4.25. The molecule has 0 N–H and O–H groups in total. The topological polar surface area (TPSA) is 0 Å². The van der Waals surface area contributed by atoms with Crippen LogP contribution in [0, 0.1) is 29.4 Å². The highest BCUT2D eigenvalue weighted by Gasteiger charge is 2.28. The van der Waals surface area contributed by atoms with E-state index in [0.717, 1.165) is 49.0 Å². The smallest absolute Gasteiger partial charge is 0.166 e. The molecule has 0 saturated heterocycles. The molecular weight excluding hydrogens is 374 g/mol. The van der Waals surface area contributed by atoms with Crippen LogP contribution in [0.1, 0.15) is 102 Å². The predicted octanol–water partition coefficient (Wildman–Crippen LogP) is 9.04. The fourth-order valence-corrected chi connectivity index (χ4v) is 5.44. The maximum atomic E-state index is 14.6. The lowest BCUT2D eigenvalue weighted by molar-refractivity contribution is 0.212. The molecule has 0 amide bonds. The molecule has 2 aliphatic rings. The van der Waals surface area contributed by atoms with E-state index < -0.39 is 11.6 Å². The van der Waals surface area contributed by atoms with E-state index in [1.54, 1.807) is 12.1 Å². The fraction of sp³-hybridized carbons (Fsp3) is 0.643. The zero-order valence-corrected chi connectivity index (χ0v) is 19.1. The van der Waals surface area contributed by atoms with Crippen molar-refractivity contribution >= 4 is 5.57 Å². The Morgan fingerprint density at radius 3 is 2.37 bits per heavy atom. The third-order valence-corrected chi connectivity index (χ3v) is 7.34. The van der Waals surface area contributed by atoms with Gasteiger partial charge >= 0.3 is 0 Å². The first-order valence-electron chi connectivity index (χ1n) is 12.5. The lowest BCUT2D eigenvalue weighted by atomic mass is 9.71. The van der Waals surface area contributed by atoms with Gasteiger partial charge in [0.1, 0.15) is 0 Å². The molecule has 1 aromatic carbocycles. The molecule has 0 bridgehead atoms. The van der Waals surface area contributed by atoms with Gasteiger partial charge in [0, 0.05) is 5.56 Å². The zero-order chi connectivity index (χ0) is 21.3.